The fraction of sp³-hybridized carbons (Fsp3) is 0.652. The van der Waals surface area contributed by atoms with Gasteiger partial charge in [0.2, 0.25) is 5.91 Å². The Morgan fingerprint density at radius 1 is 1.14 bits per heavy atom. The summed E-state index contributed by atoms with van der Waals surface area (Å²) >= 11 is 0. The average Bonchev–Trinajstić information content (AvgIpc) is 2.69. The van der Waals surface area contributed by atoms with Gasteiger partial charge < -0.3 is 15.1 Å². The molecule has 1 aromatic carbocycles. The van der Waals surface area contributed by atoms with Gasteiger partial charge in [0.15, 0.2) is 0 Å². The van der Waals surface area contributed by atoms with Crippen LogP contribution in [0.2, 0.25) is 0 Å². The maximum atomic E-state index is 12.6. The van der Waals surface area contributed by atoms with Gasteiger partial charge in [-0.3, -0.25) is 9.59 Å². The summed E-state index contributed by atoms with van der Waals surface area (Å²) in [5.74, 6) is 0.604. The van der Waals surface area contributed by atoms with E-state index in [1.165, 1.54) is 18.5 Å². The molecule has 0 saturated carbocycles. The molecule has 0 aromatic heterocycles. The number of nitrogens with one attached hydrogen (secondary N) is 1. The Bertz CT molecular complexity index is 619. The molecule has 1 heterocycles. The number of amides is 2. The number of nitrogens with zero attached hydrogens (tertiary/aromatic N) is 2. The minimum absolute atomic E-state index is 0.0184. The average molecular weight is 388 g/mol. The first-order valence-electron chi connectivity index (χ1n) is 10.9. The van der Waals surface area contributed by atoms with E-state index in [0.717, 1.165) is 39.0 Å². The molecule has 5 nitrogen and oxygen atoms in total. The van der Waals surface area contributed by atoms with Crippen LogP contribution in [0, 0.1) is 5.92 Å². The standard InChI is InChI=1S/C23H37N3O2/c1-5-7-14-25(6-2)21-10-8-19(9-11-21)23(28)24-20-12-15-26(16-13-20)22(27)17-18(3)4/h8-11,18,20H,5-7,12-17H2,1-4H3,(H,24,28). The predicted octanol–water partition coefficient (Wildman–Crippen LogP) is 4.08. The van der Waals surface area contributed by atoms with Gasteiger partial charge in [-0.25, -0.2) is 0 Å². The summed E-state index contributed by atoms with van der Waals surface area (Å²) < 4.78 is 0. The zero-order valence-electron chi connectivity index (χ0n) is 18.0. The van der Waals surface area contributed by atoms with E-state index in [9.17, 15) is 9.59 Å². The molecule has 2 amide bonds. The van der Waals surface area contributed by atoms with Crippen molar-refractivity contribution in [2.24, 2.45) is 5.92 Å². The van der Waals surface area contributed by atoms with Gasteiger partial charge in [0.05, 0.1) is 0 Å². The van der Waals surface area contributed by atoms with Crippen molar-refractivity contribution in [3.8, 4) is 0 Å². The monoisotopic (exact) mass is 387 g/mol. The lowest BCUT2D eigenvalue weighted by Crippen LogP contribution is -2.46. The summed E-state index contributed by atoms with van der Waals surface area (Å²) in [6.07, 6.45) is 4.62. The maximum absolute atomic E-state index is 12.6. The Hall–Kier alpha value is -2.04. The van der Waals surface area contributed by atoms with Crippen molar-refractivity contribution in [3.63, 3.8) is 0 Å². The maximum Gasteiger partial charge on any atom is 0.251 e. The summed E-state index contributed by atoms with van der Waals surface area (Å²) in [6.45, 7) is 12.0. The Kier molecular flexibility index (Phi) is 8.81. The number of unbranched alkanes of at least 4 members (excludes halogenated alkanes) is 1. The number of likely N-dealkylation sites (tertiary alicyclic amines) is 1. The van der Waals surface area contributed by atoms with E-state index in [-0.39, 0.29) is 17.9 Å². The third kappa shape index (κ3) is 6.54. The zero-order valence-corrected chi connectivity index (χ0v) is 18.0. The number of carbonyl (C=O) groups is 2. The van der Waals surface area contributed by atoms with E-state index in [0.29, 0.717) is 17.9 Å². The van der Waals surface area contributed by atoms with Crippen molar-refractivity contribution in [3.05, 3.63) is 29.8 Å². The highest BCUT2D eigenvalue weighted by Gasteiger charge is 2.24. The molecule has 156 valence electrons. The largest absolute Gasteiger partial charge is 0.372 e. The van der Waals surface area contributed by atoms with Gasteiger partial charge >= 0.3 is 0 Å². The lowest BCUT2D eigenvalue weighted by atomic mass is 10.0. The number of rotatable bonds is 9. The smallest absolute Gasteiger partial charge is 0.251 e. The molecule has 0 bridgehead atoms. The molecule has 0 spiro atoms. The Balaban J connectivity index is 1.84. The number of carbonyl (C=O) groups excluding carboxylic acids is 2. The molecule has 28 heavy (non-hydrogen) atoms. The lowest BCUT2D eigenvalue weighted by molar-refractivity contribution is -0.133. The number of hydrogen-bond acceptors (Lipinski definition) is 3. The Morgan fingerprint density at radius 2 is 1.79 bits per heavy atom. The van der Waals surface area contributed by atoms with E-state index in [4.69, 9.17) is 0 Å². The number of hydrogen-bond donors (Lipinski definition) is 1. The third-order valence-electron chi connectivity index (χ3n) is 5.42. The van der Waals surface area contributed by atoms with Crippen LogP contribution in [-0.4, -0.2) is 48.9 Å². The van der Waals surface area contributed by atoms with Gasteiger partial charge in [0, 0.05) is 49.9 Å². The topological polar surface area (TPSA) is 52.7 Å². The van der Waals surface area contributed by atoms with Crippen LogP contribution in [-0.2, 0) is 4.79 Å². The quantitative estimate of drug-likeness (QED) is 0.695. The fourth-order valence-corrected chi connectivity index (χ4v) is 3.66. The molecule has 0 atom stereocenters. The highest BCUT2D eigenvalue weighted by molar-refractivity contribution is 5.94. The summed E-state index contributed by atoms with van der Waals surface area (Å²) in [6, 6.07) is 8.07. The van der Waals surface area contributed by atoms with Crippen LogP contribution in [0.4, 0.5) is 5.69 Å². The van der Waals surface area contributed by atoms with Gasteiger partial charge in [-0.05, 0) is 56.4 Å². The molecule has 1 aliphatic rings. The normalized spacial score (nSPS) is 15.0. The molecule has 1 N–H and O–H groups in total. The second-order valence-electron chi connectivity index (χ2n) is 8.21. The highest BCUT2D eigenvalue weighted by atomic mass is 16.2. The second kappa shape index (κ2) is 11.1. The van der Waals surface area contributed by atoms with E-state index >= 15 is 0 Å². The molecule has 1 aliphatic heterocycles. The van der Waals surface area contributed by atoms with Crippen molar-refractivity contribution in [2.75, 3.05) is 31.1 Å². The number of benzene rings is 1. The van der Waals surface area contributed by atoms with E-state index in [1.54, 1.807) is 0 Å². The van der Waals surface area contributed by atoms with Gasteiger partial charge in [-0.1, -0.05) is 27.2 Å². The second-order valence-corrected chi connectivity index (χ2v) is 8.21. The van der Waals surface area contributed by atoms with E-state index < -0.39 is 0 Å². The van der Waals surface area contributed by atoms with Gasteiger partial charge in [0.1, 0.15) is 0 Å². The van der Waals surface area contributed by atoms with Crippen LogP contribution in [0.15, 0.2) is 24.3 Å². The van der Waals surface area contributed by atoms with Crippen molar-refractivity contribution >= 4 is 17.5 Å². The predicted molar refractivity (Wildman–Crippen MR) is 116 cm³/mol. The van der Waals surface area contributed by atoms with Crippen molar-refractivity contribution in [1.82, 2.24) is 10.2 Å². The minimum Gasteiger partial charge on any atom is -0.372 e. The highest BCUT2D eigenvalue weighted by Crippen LogP contribution is 2.17. The van der Waals surface area contributed by atoms with Crippen LogP contribution in [0.1, 0.15) is 70.2 Å². The van der Waals surface area contributed by atoms with Crippen molar-refractivity contribution in [1.29, 1.82) is 0 Å². The third-order valence-corrected chi connectivity index (χ3v) is 5.42. The van der Waals surface area contributed by atoms with E-state index in [2.05, 4.69) is 37.9 Å². The fourth-order valence-electron chi connectivity index (χ4n) is 3.66. The summed E-state index contributed by atoms with van der Waals surface area (Å²) in [5, 5.41) is 3.14. The van der Waals surface area contributed by atoms with Gasteiger partial charge in [-0.15, -0.1) is 0 Å². The summed E-state index contributed by atoms with van der Waals surface area (Å²) in [5.41, 5.74) is 1.87. The van der Waals surface area contributed by atoms with Crippen LogP contribution < -0.4 is 10.2 Å². The van der Waals surface area contributed by atoms with Gasteiger partial charge in [-0.2, -0.15) is 0 Å². The molecule has 5 heteroatoms. The molecule has 2 rings (SSSR count). The molecular formula is C23H37N3O2. The molecule has 0 aliphatic carbocycles. The molecule has 1 aromatic rings. The Labute approximate surface area is 170 Å². The zero-order chi connectivity index (χ0) is 20.5. The summed E-state index contributed by atoms with van der Waals surface area (Å²) in [4.78, 5) is 29.0. The van der Waals surface area contributed by atoms with Crippen LogP contribution in [0.25, 0.3) is 0 Å². The van der Waals surface area contributed by atoms with Crippen LogP contribution >= 0.6 is 0 Å². The first-order valence-corrected chi connectivity index (χ1v) is 10.9. The van der Waals surface area contributed by atoms with Crippen LogP contribution in [0.3, 0.4) is 0 Å². The molecule has 0 radical (unpaired) electrons. The Morgan fingerprint density at radius 3 is 2.32 bits per heavy atom. The number of anilines is 1. The first-order chi connectivity index (χ1) is 13.4. The van der Waals surface area contributed by atoms with E-state index in [1.807, 2.05) is 29.2 Å². The van der Waals surface area contributed by atoms with Crippen LogP contribution in [0.5, 0.6) is 0 Å². The molecule has 1 saturated heterocycles. The molecule has 1 fully saturated rings. The molecule has 0 unspecified atom stereocenters. The lowest BCUT2D eigenvalue weighted by Gasteiger charge is -2.33. The van der Waals surface area contributed by atoms with Gasteiger partial charge in [0.25, 0.3) is 5.91 Å². The first kappa shape index (κ1) is 22.3. The minimum atomic E-state index is -0.0184. The summed E-state index contributed by atoms with van der Waals surface area (Å²) in [7, 11) is 0. The number of piperidine rings is 1. The SMILES string of the molecule is CCCCN(CC)c1ccc(C(=O)NC2CCN(C(=O)CC(C)C)CC2)cc1. The molecular weight excluding hydrogens is 350 g/mol. The van der Waals surface area contributed by atoms with Crippen molar-refractivity contribution in [2.45, 2.75) is 65.8 Å². The van der Waals surface area contributed by atoms with Crippen molar-refractivity contribution < 1.29 is 9.59 Å².